The highest BCUT2D eigenvalue weighted by Gasteiger charge is 2.00. The average molecular weight is 383 g/mol. The molecular weight excluding hydrogens is 336 g/mol. The molecule has 0 aliphatic carbocycles. The molecule has 0 bridgehead atoms. The van der Waals surface area contributed by atoms with Gasteiger partial charge in [-0.25, -0.2) is 4.79 Å². The lowest BCUT2D eigenvalue weighted by Crippen LogP contribution is -2.03. The zero-order valence-electron chi connectivity index (χ0n) is 18.0. The zero-order chi connectivity index (χ0) is 20.0. The Balaban J connectivity index is 3.12. The van der Waals surface area contributed by atoms with Gasteiger partial charge in [-0.05, 0) is 12.5 Å². The molecule has 0 rings (SSSR count). The summed E-state index contributed by atoms with van der Waals surface area (Å²) < 4.78 is 0. The van der Waals surface area contributed by atoms with Crippen LogP contribution in [0, 0.1) is 0 Å². The van der Waals surface area contributed by atoms with Crippen molar-refractivity contribution in [3.05, 3.63) is 12.2 Å². The molecule has 2 N–H and O–H groups in total. The fourth-order valence-electron chi connectivity index (χ4n) is 3.54. The van der Waals surface area contributed by atoms with Gasteiger partial charge in [-0.15, -0.1) is 0 Å². The van der Waals surface area contributed by atoms with Crippen molar-refractivity contribution in [2.45, 2.75) is 135 Å². The molecule has 3 heteroatoms. The van der Waals surface area contributed by atoms with Crippen LogP contribution >= 0.6 is 0 Å². The van der Waals surface area contributed by atoms with E-state index in [1.54, 1.807) is 0 Å². The molecule has 160 valence electrons. The monoisotopic (exact) mass is 382 g/mol. The number of carboxylic acid groups (broad SMARTS) is 1. The summed E-state index contributed by atoms with van der Waals surface area (Å²) in [6.45, 7) is 2.28. The van der Waals surface area contributed by atoms with Gasteiger partial charge in [0.15, 0.2) is 0 Å². The first-order chi connectivity index (χ1) is 13.2. The van der Waals surface area contributed by atoms with Crippen molar-refractivity contribution >= 4 is 5.97 Å². The van der Waals surface area contributed by atoms with Crippen molar-refractivity contribution < 1.29 is 15.0 Å². The van der Waals surface area contributed by atoms with Crippen LogP contribution in [0.4, 0.5) is 0 Å². The van der Waals surface area contributed by atoms with Gasteiger partial charge in [0.25, 0.3) is 0 Å². The molecule has 0 radical (unpaired) electrons. The van der Waals surface area contributed by atoms with Crippen molar-refractivity contribution in [2.24, 2.45) is 0 Å². The molecule has 0 amide bonds. The van der Waals surface area contributed by atoms with E-state index in [-0.39, 0.29) is 0 Å². The van der Waals surface area contributed by atoms with Crippen LogP contribution in [-0.2, 0) is 4.79 Å². The predicted octanol–water partition coefficient (Wildman–Crippen LogP) is 7.42. The van der Waals surface area contributed by atoms with Gasteiger partial charge in [-0.1, -0.05) is 122 Å². The molecule has 0 aliphatic rings. The smallest absolute Gasteiger partial charge is 0.328 e. The number of carboxylic acids is 1. The molecule has 27 heavy (non-hydrogen) atoms. The number of aliphatic hydroxyl groups is 1. The fraction of sp³-hybridized carbons (Fsp3) is 0.875. The summed E-state index contributed by atoms with van der Waals surface area (Å²) in [4.78, 5) is 10.3. The van der Waals surface area contributed by atoms with E-state index in [0.29, 0.717) is 6.42 Å². The number of hydrogen-bond donors (Lipinski definition) is 2. The van der Waals surface area contributed by atoms with E-state index in [1.807, 2.05) is 0 Å². The standard InChI is InChI=1S/C24H46O3/c1-2-3-4-5-6-7-8-9-10-11-12-13-14-15-16-17-18-19-20-23(25)21-22-24(26)27/h21-23,25H,2-20H2,1H3,(H,26,27). The van der Waals surface area contributed by atoms with Crippen molar-refractivity contribution in [3.8, 4) is 0 Å². The Hall–Kier alpha value is -0.830. The van der Waals surface area contributed by atoms with Crippen molar-refractivity contribution in [1.29, 1.82) is 0 Å². The molecule has 0 heterocycles. The van der Waals surface area contributed by atoms with E-state index >= 15 is 0 Å². The maximum Gasteiger partial charge on any atom is 0.328 e. The van der Waals surface area contributed by atoms with Crippen LogP contribution in [-0.4, -0.2) is 22.3 Å². The molecule has 0 aromatic rings. The fourth-order valence-corrected chi connectivity index (χ4v) is 3.54. The predicted molar refractivity (Wildman–Crippen MR) is 116 cm³/mol. The lowest BCUT2D eigenvalue weighted by Gasteiger charge is -2.05. The Labute approximate surface area is 168 Å². The van der Waals surface area contributed by atoms with Crippen LogP contribution < -0.4 is 0 Å². The van der Waals surface area contributed by atoms with Gasteiger partial charge in [0.05, 0.1) is 6.10 Å². The van der Waals surface area contributed by atoms with E-state index in [2.05, 4.69) is 6.92 Å². The largest absolute Gasteiger partial charge is 0.478 e. The van der Waals surface area contributed by atoms with Crippen LogP contribution in [0.5, 0.6) is 0 Å². The average Bonchev–Trinajstić information content (AvgIpc) is 2.65. The van der Waals surface area contributed by atoms with E-state index in [1.165, 1.54) is 109 Å². The second-order valence-corrected chi connectivity index (χ2v) is 8.06. The van der Waals surface area contributed by atoms with Gasteiger partial charge in [-0.2, -0.15) is 0 Å². The highest BCUT2D eigenvalue weighted by Crippen LogP contribution is 2.14. The van der Waals surface area contributed by atoms with Gasteiger partial charge >= 0.3 is 5.97 Å². The van der Waals surface area contributed by atoms with E-state index in [9.17, 15) is 9.90 Å². The van der Waals surface area contributed by atoms with Crippen LogP contribution in [0.15, 0.2) is 12.2 Å². The van der Waals surface area contributed by atoms with Crippen LogP contribution in [0.25, 0.3) is 0 Å². The third-order valence-corrected chi connectivity index (χ3v) is 5.31. The highest BCUT2D eigenvalue weighted by atomic mass is 16.4. The first-order valence-corrected chi connectivity index (χ1v) is 11.8. The summed E-state index contributed by atoms with van der Waals surface area (Å²) in [6.07, 6.45) is 26.8. The minimum absolute atomic E-state index is 0.609. The Kier molecular flexibility index (Phi) is 20.8. The first kappa shape index (κ1) is 26.2. The number of rotatable bonds is 21. The minimum atomic E-state index is -0.994. The maximum absolute atomic E-state index is 10.3. The second kappa shape index (κ2) is 21.5. The summed E-state index contributed by atoms with van der Waals surface area (Å²) in [7, 11) is 0. The van der Waals surface area contributed by atoms with E-state index in [0.717, 1.165) is 18.9 Å². The second-order valence-electron chi connectivity index (χ2n) is 8.06. The minimum Gasteiger partial charge on any atom is -0.478 e. The molecule has 1 unspecified atom stereocenters. The molecule has 0 spiro atoms. The summed E-state index contributed by atoms with van der Waals surface area (Å²) >= 11 is 0. The Morgan fingerprint density at radius 1 is 0.667 bits per heavy atom. The first-order valence-electron chi connectivity index (χ1n) is 11.8. The molecule has 0 aromatic carbocycles. The molecule has 0 aromatic heterocycles. The summed E-state index contributed by atoms with van der Waals surface area (Å²) in [5.74, 6) is -0.994. The van der Waals surface area contributed by atoms with Gasteiger partial charge in [0.2, 0.25) is 0 Å². The molecule has 1 atom stereocenters. The van der Waals surface area contributed by atoms with Crippen molar-refractivity contribution in [3.63, 3.8) is 0 Å². The number of carbonyl (C=O) groups is 1. The van der Waals surface area contributed by atoms with Crippen LogP contribution in [0.1, 0.15) is 129 Å². The van der Waals surface area contributed by atoms with Gasteiger partial charge in [-0.3, -0.25) is 0 Å². The number of aliphatic carboxylic acids is 1. The van der Waals surface area contributed by atoms with E-state index < -0.39 is 12.1 Å². The number of unbranched alkanes of at least 4 members (excludes halogenated alkanes) is 17. The third-order valence-electron chi connectivity index (χ3n) is 5.31. The number of aliphatic hydroxyl groups excluding tert-OH is 1. The molecular formula is C24H46O3. The van der Waals surface area contributed by atoms with Crippen LogP contribution in [0.3, 0.4) is 0 Å². The summed E-state index contributed by atoms with van der Waals surface area (Å²) in [5, 5.41) is 18.1. The number of hydrogen-bond acceptors (Lipinski definition) is 2. The zero-order valence-corrected chi connectivity index (χ0v) is 18.0. The Morgan fingerprint density at radius 3 is 1.33 bits per heavy atom. The topological polar surface area (TPSA) is 57.5 Å². The third kappa shape index (κ3) is 23.1. The quantitative estimate of drug-likeness (QED) is 0.160. The lowest BCUT2D eigenvalue weighted by molar-refractivity contribution is -0.131. The Bertz CT molecular complexity index is 339. The van der Waals surface area contributed by atoms with Crippen LogP contribution in [0.2, 0.25) is 0 Å². The molecule has 0 fully saturated rings. The van der Waals surface area contributed by atoms with Gasteiger partial charge in [0.1, 0.15) is 0 Å². The molecule has 0 saturated carbocycles. The highest BCUT2D eigenvalue weighted by molar-refractivity contribution is 5.79. The molecule has 3 nitrogen and oxygen atoms in total. The molecule has 0 aliphatic heterocycles. The lowest BCUT2D eigenvalue weighted by atomic mass is 10.0. The van der Waals surface area contributed by atoms with Gasteiger partial charge in [0, 0.05) is 6.08 Å². The SMILES string of the molecule is CCCCCCCCCCCCCCCCCCCCC(O)C=CC(=O)O. The van der Waals surface area contributed by atoms with Gasteiger partial charge < -0.3 is 10.2 Å². The van der Waals surface area contributed by atoms with Crippen molar-refractivity contribution in [2.75, 3.05) is 0 Å². The summed E-state index contributed by atoms with van der Waals surface area (Å²) in [6, 6.07) is 0. The van der Waals surface area contributed by atoms with E-state index in [4.69, 9.17) is 5.11 Å². The maximum atomic E-state index is 10.3. The normalized spacial score (nSPS) is 12.7. The Morgan fingerprint density at radius 2 is 1.00 bits per heavy atom. The summed E-state index contributed by atoms with van der Waals surface area (Å²) in [5.41, 5.74) is 0. The van der Waals surface area contributed by atoms with Crippen molar-refractivity contribution in [1.82, 2.24) is 0 Å². The molecule has 0 saturated heterocycles.